The van der Waals surface area contributed by atoms with Gasteiger partial charge in [-0.15, -0.1) is 0 Å². The predicted molar refractivity (Wildman–Crippen MR) is 104 cm³/mol. The van der Waals surface area contributed by atoms with Crippen molar-refractivity contribution in [1.29, 1.82) is 0 Å². The molecule has 0 fully saturated rings. The molecule has 2 aromatic heterocycles. The Morgan fingerprint density at radius 1 is 1.31 bits per heavy atom. The van der Waals surface area contributed by atoms with Gasteiger partial charge in [0.1, 0.15) is 11.4 Å². The Hall–Kier alpha value is -2.41. The Kier molecular flexibility index (Phi) is 5.27. The summed E-state index contributed by atoms with van der Waals surface area (Å²) in [4.78, 5) is 17.9. The van der Waals surface area contributed by atoms with Gasteiger partial charge >= 0.3 is 0 Å². The molecule has 0 aliphatic rings. The fraction of sp³-hybridized carbons (Fsp3) is 0.421. The molecule has 0 saturated carbocycles. The number of hydrogen-bond acceptors (Lipinski definition) is 4. The summed E-state index contributed by atoms with van der Waals surface area (Å²) in [5.41, 5.74) is 2.40. The minimum absolute atomic E-state index is 0.104. The molecular formula is C19H24N4O2S. The third-order valence-corrected chi connectivity index (χ3v) is 5.09. The molecule has 1 amide bonds. The highest BCUT2D eigenvalue weighted by Crippen LogP contribution is 2.23. The lowest BCUT2D eigenvalue weighted by atomic mass is 10.3. The SMILES string of the molecule is CCOc1ccc2c(c1)sc(=NC(=O)c1cc(C)nn1C(C)C)n2CC. The van der Waals surface area contributed by atoms with Crippen LogP contribution >= 0.6 is 11.3 Å². The van der Waals surface area contributed by atoms with Gasteiger partial charge in [-0.1, -0.05) is 11.3 Å². The Morgan fingerprint density at radius 3 is 2.73 bits per heavy atom. The number of ether oxygens (including phenoxy) is 1. The maximum Gasteiger partial charge on any atom is 0.297 e. The normalized spacial score (nSPS) is 12.3. The Morgan fingerprint density at radius 2 is 2.08 bits per heavy atom. The maximum absolute atomic E-state index is 12.8. The highest BCUT2D eigenvalue weighted by atomic mass is 32.1. The number of hydrogen-bond donors (Lipinski definition) is 0. The van der Waals surface area contributed by atoms with Crippen LogP contribution in [0.3, 0.4) is 0 Å². The number of benzene rings is 1. The molecule has 6 nitrogen and oxygen atoms in total. The van der Waals surface area contributed by atoms with Crippen molar-refractivity contribution in [2.75, 3.05) is 6.61 Å². The van der Waals surface area contributed by atoms with Crippen LogP contribution in [0.4, 0.5) is 0 Å². The Balaban J connectivity index is 2.10. The minimum Gasteiger partial charge on any atom is -0.494 e. The van der Waals surface area contributed by atoms with E-state index >= 15 is 0 Å². The molecule has 0 saturated heterocycles. The van der Waals surface area contributed by atoms with Crippen LogP contribution in [0.2, 0.25) is 0 Å². The zero-order valence-corrected chi connectivity index (χ0v) is 16.6. The molecular weight excluding hydrogens is 348 g/mol. The van der Waals surface area contributed by atoms with Gasteiger partial charge in [0.25, 0.3) is 5.91 Å². The van der Waals surface area contributed by atoms with Crippen LogP contribution in [-0.2, 0) is 6.54 Å². The van der Waals surface area contributed by atoms with Crippen LogP contribution < -0.4 is 9.54 Å². The first-order valence-corrected chi connectivity index (χ1v) is 9.67. The van der Waals surface area contributed by atoms with Gasteiger partial charge in [0.15, 0.2) is 4.80 Å². The molecule has 1 aromatic carbocycles. The number of nitrogens with zero attached hydrogens (tertiary/aromatic N) is 4. The number of aryl methyl sites for hydroxylation is 2. The molecule has 0 spiro atoms. The van der Waals surface area contributed by atoms with E-state index in [0.717, 1.165) is 28.2 Å². The number of amides is 1. The summed E-state index contributed by atoms with van der Waals surface area (Å²) in [5.74, 6) is 0.564. The molecule has 26 heavy (non-hydrogen) atoms. The second-order valence-corrected chi connectivity index (χ2v) is 7.33. The molecule has 138 valence electrons. The number of thiazole rings is 1. The summed E-state index contributed by atoms with van der Waals surface area (Å²) in [6.07, 6.45) is 0. The fourth-order valence-corrected chi connectivity index (χ4v) is 4.04. The van der Waals surface area contributed by atoms with E-state index in [1.807, 2.05) is 45.9 Å². The van der Waals surface area contributed by atoms with Crippen LogP contribution in [0, 0.1) is 6.92 Å². The van der Waals surface area contributed by atoms with Gasteiger partial charge in [-0.25, -0.2) is 0 Å². The molecule has 0 atom stereocenters. The zero-order chi connectivity index (χ0) is 18.8. The zero-order valence-electron chi connectivity index (χ0n) is 15.8. The van der Waals surface area contributed by atoms with Gasteiger partial charge < -0.3 is 9.30 Å². The number of rotatable bonds is 5. The van der Waals surface area contributed by atoms with Crippen molar-refractivity contribution >= 4 is 27.5 Å². The second-order valence-electron chi connectivity index (χ2n) is 6.32. The summed E-state index contributed by atoms with van der Waals surface area (Å²) in [6, 6.07) is 7.87. The average Bonchev–Trinajstić information content (AvgIpc) is 3.14. The molecule has 7 heteroatoms. The Bertz CT molecular complexity index is 1010. The van der Waals surface area contributed by atoms with Crippen LogP contribution in [0.1, 0.15) is 49.9 Å². The van der Waals surface area contributed by atoms with Gasteiger partial charge in [0.2, 0.25) is 0 Å². The van der Waals surface area contributed by atoms with Crippen molar-refractivity contribution in [1.82, 2.24) is 14.3 Å². The van der Waals surface area contributed by atoms with Gasteiger partial charge in [-0.3, -0.25) is 9.48 Å². The van der Waals surface area contributed by atoms with E-state index in [4.69, 9.17) is 4.74 Å². The predicted octanol–water partition coefficient (Wildman–Crippen LogP) is 3.95. The number of carbonyl (C=O) groups excluding carboxylic acids is 1. The van der Waals surface area contributed by atoms with Gasteiger partial charge in [0.05, 0.1) is 22.5 Å². The van der Waals surface area contributed by atoms with Gasteiger partial charge in [-0.2, -0.15) is 10.1 Å². The lowest BCUT2D eigenvalue weighted by Gasteiger charge is -2.08. The molecule has 0 bridgehead atoms. The van der Waals surface area contributed by atoms with E-state index in [1.54, 1.807) is 10.7 Å². The van der Waals surface area contributed by atoms with Crippen molar-refractivity contribution < 1.29 is 9.53 Å². The summed E-state index contributed by atoms with van der Waals surface area (Å²) < 4.78 is 10.4. The van der Waals surface area contributed by atoms with Crippen LogP contribution in [0.25, 0.3) is 10.2 Å². The largest absolute Gasteiger partial charge is 0.494 e. The first-order valence-electron chi connectivity index (χ1n) is 8.86. The summed E-state index contributed by atoms with van der Waals surface area (Å²) >= 11 is 1.50. The molecule has 0 N–H and O–H groups in total. The molecule has 0 radical (unpaired) electrons. The summed E-state index contributed by atoms with van der Waals surface area (Å²) in [5, 5.41) is 4.41. The standard InChI is InChI=1S/C19H24N4O2S/c1-6-22-15-9-8-14(25-7-2)11-17(15)26-19(22)20-18(24)16-10-13(5)21-23(16)12(3)4/h8-12H,6-7H2,1-5H3. The molecule has 3 rings (SSSR count). The van der Waals surface area contributed by atoms with E-state index in [-0.39, 0.29) is 11.9 Å². The first-order chi connectivity index (χ1) is 12.4. The van der Waals surface area contributed by atoms with E-state index in [1.165, 1.54) is 11.3 Å². The van der Waals surface area contributed by atoms with Crippen LogP contribution in [-0.4, -0.2) is 26.9 Å². The smallest absolute Gasteiger partial charge is 0.297 e. The van der Waals surface area contributed by atoms with Crippen molar-refractivity contribution in [3.63, 3.8) is 0 Å². The van der Waals surface area contributed by atoms with E-state index < -0.39 is 0 Å². The van der Waals surface area contributed by atoms with Gasteiger partial charge in [0, 0.05) is 12.6 Å². The summed E-state index contributed by atoms with van der Waals surface area (Å²) in [6.45, 7) is 11.3. The highest BCUT2D eigenvalue weighted by Gasteiger charge is 2.16. The number of fused-ring (bicyclic) bond motifs is 1. The van der Waals surface area contributed by atoms with Crippen molar-refractivity contribution in [3.8, 4) is 5.75 Å². The van der Waals surface area contributed by atoms with Crippen molar-refractivity contribution in [3.05, 3.63) is 40.5 Å². The average molecular weight is 372 g/mol. The quantitative estimate of drug-likeness (QED) is 0.681. The second kappa shape index (κ2) is 7.45. The molecule has 0 aliphatic heterocycles. The number of carbonyl (C=O) groups is 1. The van der Waals surface area contributed by atoms with Gasteiger partial charge in [-0.05, 0) is 58.9 Å². The maximum atomic E-state index is 12.8. The highest BCUT2D eigenvalue weighted by molar-refractivity contribution is 7.16. The first kappa shape index (κ1) is 18.4. The topological polar surface area (TPSA) is 61.4 Å². The Labute approximate surface area is 156 Å². The van der Waals surface area contributed by atoms with Crippen LogP contribution in [0.5, 0.6) is 5.75 Å². The number of aromatic nitrogens is 3. The minimum atomic E-state index is -0.266. The third kappa shape index (κ3) is 3.44. The summed E-state index contributed by atoms with van der Waals surface area (Å²) in [7, 11) is 0. The lowest BCUT2D eigenvalue weighted by molar-refractivity contribution is 0.0986. The van der Waals surface area contributed by atoms with Crippen molar-refractivity contribution in [2.24, 2.45) is 4.99 Å². The monoisotopic (exact) mass is 372 g/mol. The molecule has 2 heterocycles. The molecule has 3 aromatic rings. The van der Waals surface area contributed by atoms with E-state index in [2.05, 4.69) is 21.6 Å². The lowest BCUT2D eigenvalue weighted by Crippen LogP contribution is -2.18. The van der Waals surface area contributed by atoms with E-state index in [0.29, 0.717) is 17.1 Å². The molecule has 0 unspecified atom stereocenters. The van der Waals surface area contributed by atoms with E-state index in [9.17, 15) is 4.79 Å². The fourth-order valence-electron chi connectivity index (χ4n) is 2.92. The third-order valence-electron chi connectivity index (χ3n) is 4.04. The van der Waals surface area contributed by atoms with Crippen molar-refractivity contribution in [2.45, 2.75) is 47.2 Å². The molecule has 0 aliphatic carbocycles. The van der Waals surface area contributed by atoms with Crippen LogP contribution in [0.15, 0.2) is 29.3 Å².